The second kappa shape index (κ2) is 14.5. The van der Waals surface area contributed by atoms with E-state index >= 15 is 0 Å². The highest BCUT2D eigenvalue weighted by Gasteiger charge is 2.52. The molecule has 0 radical (unpaired) electrons. The first kappa shape index (κ1) is 36.5. The second-order valence-corrected chi connectivity index (χ2v) is 19.4. The smallest absolute Gasteiger partial charge is 0.164 e. The van der Waals surface area contributed by atoms with Gasteiger partial charge in [0, 0.05) is 28.5 Å². The molecule has 0 aliphatic heterocycles. The molecule has 1 aromatic heterocycles. The van der Waals surface area contributed by atoms with E-state index in [1.165, 1.54) is 49.7 Å². The molecule has 0 saturated heterocycles. The molecule has 7 aliphatic rings. The topological polar surface area (TPSA) is 38.7 Å². The molecule has 7 aliphatic carbocycles. The maximum Gasteiger partial charge on any atom is 0.164 e. The molecule has 4 bridgehead atoms. The van der Waals surface area contributed by atoms with Gasteiger partial charge >= 0.3 is 0 Å². The molecule has 2 atom stereocenters. The van der Waals surface area contributed by atoms with Crippen LogP contribution in [0.1, 0.15) is 107 Å². The molecule has 4 saturated carbocycles. The molecular weight excluding hydrogens is 691 g/mol. The standard InChI is InChI=1S/C54H57N3/c1-52(2,3)46-26-27-54(44-20-12-6-13-21-44,45-22-14-7-15-23-45)48-33-47(53-34-37-28-38(35-53)30-39(29-37)36-53)25-24-42(48)31-43(32-46)51-56-49(40-16-8-4-9-17-40)55-50(57-51)41-18-10-5-11-19-41/h4-14,16-20,22,24-26,32-33,37-39,44H,15,21,23,27-31,34-36H2,1-3H3. The summed E-state index contributed by atoms with van der Waals surface area (Å²) in [7, 11) is 0. The van der Waals surface area contributed by atoms with Crippen molar-refractivity contribution < 1.29 is 0 Å². The summed E-state index contributed by atoms with van der Waals surface area (Å²) < 4.78 is 0. The Hall–Kier alpha value is -4.89. The predicted molar refractivity (Wildman–Crippen MR) is 235 cm³/mol. The summed E-state index contributed by atoms with van der Waals surface area (Å²) in [5.41, 5.74) is 10.7. The first-order valence-corrected chi connectivity index (χ1v) is 21.9. The molecule has 3 heteroatoms. The Balaban J connectivity index is 1.21. The molecule has 288 valence electrons. The van der Waals surface area contributed by atoms with Crippen LogP contribution in [-0.4, -0.2) is 15.0 Å². The van der Waals surface area contributed by atoms with Gasteiger partial charge in [0.1, 0.15) is 0 Å². The average Bonchev–Trinajstić information content (AvgIpc) is 3.31. The quantitative estimate of drug-likeness (QED) is 0.197. The minimum absolute atomic E-state index is 0.0847. The van der Waals surface area contributed by atoms with E-state index in [2.05, 4.69) is 154 Å². The van der Waals surface area contributed by atoms with Crippen LogP contribution in [0.15, 0.2) is 145 Å². The summed E-state index contributed by atoms with van der Waals surface area (Å²) in [6.07, 6.45) is 35.3. The zero-order valence-electron chi connectivity index (χ0n) is 34.1. The monoisotopic (exact) mass is 747 g/mol. The Morgan fingerprint density at radius 2 is 1.33 bits per heavy atom. The lowest BCUT2D eigenvalue weighted by atomic mass is 9.47. The van der Waals surface area contributed by atoms with Crippen molar-refractivity contribution in [2.75, 3.05) is 0 Å². The molecular formula is C54H57N3. The SMILES string of the molecule is CC(C)(C)C1=CCC(C2=CC=CCC2)(C2C=CC=CC2)c2cc(C34CC5CC(CC(C5)C3)C4)ccc2CC(c2nc(-c3ccccc3)nc(-c3ccccc3)n2)=C1. The van der Waals surface area contributed by atoms with E-state index in [-0.39, 0.29) is 10.8 Å². The van der Waals surface area contributed by atoms with Gasteiger partial charge in [0.05, 0.1) is 0 Å². The van der Waals surface area contributed by atoms with Crippen molar-refractivity contribution in [2.24, 2.45) is 29.1 Å². The van der Waals surface area contributed by atoms with Gasteiger partial charge in [0.2, 0.25) is 0 Å². The fourth-order valence-corrected chi connectivity index (χ4v) is 12.3. The van der Waals surface area contributed by atoms with Gasteiger partial charge in [-0.15, -0.1) is 0 Å². The van der Waals surface area contributed by atoms with E-state index in [1.807, 2.05) is 0 Å². The summed E-state index contributed by atoms with van der Waals surface area (Å²) in [5.74, 6) is 5.25. The molecule has 4 fully saturated rings. The van der Waals surface area contributed by atoms with Gasteiger partial charge < -0.3 is 0 Å². The zero-order valence-corrected chi connectivity index (χ0v) is 34.1. The van der Waals surface area contributed by atoms with Gasteiger partial charge in [-0.3, -0.25) is 0 Å². The normalized spacial score (nSPS) is 29.1. The van der Waals surface area contributed by atoms with Gasteiger partial charge in [0.25, 0.3) is 0 Å². The molecule has 0 amide bonds. The van der Waals surface area contributed by atoms with Gasteiger partial charge in [-0.05, 0) is 121 Å². The Morgan fingerprint density at radius 1 is 0.684 bits per heavy atom. The Labute approximate surface area is 340 Å². The lowest BCUT2D eigenvalue weighted by molar-refractivity contribution is -0.00526. The van der Waals surface area contributed by atoms with E-state index in [0.29, 0.717) is 23.0 Å². The van der Waals surface area contributed by atoms with E-state index in [9.17, 15) is 0 Å². The molecule has 57 heavy (non-hydrogen) atoms. The highest BCUT2D eigenvalue weighted by Crippen LogP contribution is 2.62. The first-order valence-electron chi connectivity index (χ1n) is 21.9. The fourth-order valence-electron chi connectivity index (χ4n) is 12.3. The predicted octanol–water partition coefficient (Wildman–Crippen LogP) is 13.3. The summed E-state index contributed by atoms with van der Waals surface area (Å²) in [5, 5.41) is 0. The van der Waals surface area contributed by atoms with Crippen molar-refractivity contribution in [1.29, 1.82) is 0 Å². The van der Waals surface area contributed by atoms with Gasteiger partial charge in [-0.1, -0.05) is 160 Å². The third kappa shape index (κ3) is 6.75. The highest BCUT2D eigenvalue weighted by molar-refractivity contribution is 5.72. The van der Waals surface area contributed by atoms with E-state index < -0.39 is 0 Å². The maximum absolute atomic E-state index is 5.35. The Kier molecular flexibility index (Phi) is 9.27. The van der Waals surface area contributed by atoms with Gasteiger partial charge in [-0.25, -0.2) is 15.0 Å². The molecule has 0 spiro atoms. The number of hydrogen-bond donors (Lipinski definition) is 0. The average molecular weight is 748 g/mol. The molecule has 2 unspecified atom stereocenters. The van der Waals surface area contributed by atoms with Crippen LogP contribution < -0.4 is 0 Å². The third-order valence-corrected chi connectivity index (χ3v) is 14.6. The van der Waals surface area contributed by atoms with Crippen LogP contribution in [0, 0.1) is 29.1 Å². The van der Waals surface area contributed by atoms with Gasteiger partial charge in [-0.2, -0.15) is 0 Å². The summed E-state index contributed by atoms with van der Waals surface area (Å²) in [6, 6.07) is 28.8. The molecule has 0 N–H and O–H groups in total. The van der Waals surface area contributed by atoms with Crippen molar-refractivity contribution >= 4 is 5.57 Å². The van der Waals surface area contributed by atoms with Crippen molar-refractivity contribution in [1.82, 2.24) is 15.0 Å². The number of hydrogen-bond acceptors (Lipinski definition) is 3. The van der Waals surface area contributed by atoms with E-state index in [1.54, 1.807) is 16.7 Å². The first-order chi connectivity index (χ1) is 27.8. The summed E-state index contributed by atoms with van der Waals surface area (Å²) in [4.78, 5) is 15.8. The molecule has 3 aromatic carbocycles. The van der Waals surface area contributed by atoms with Crippen molar-refractivity contribution in [3.63, 3.8) is 0 Å². The maximum atomic E-state index is 5.35. The minimum Gasteiger partial charge on any atom is -0.209 e. The van der Waals surface area contributed by atoms with Crippen LogP contribution in [0.4, 0.5) is 0 Å². The van der Waals surface area contributed by atoms with Crippen LogP contribution >= 0.6 is 0 Å². The Bertz CT molecular complexity index is 2250. The zero-order chi connectivity index (χ0) is 38.6. The van der Waals surface area contributed by atoms with Crippen LogP contribution in [0.3, 0.4) is 0 Å². The summed E-state index contributed by atoms with van der Waals surface area (Å²) in [6.45, 7) is 7.11. The van der Waals surface area contributed by atoms with E-state index in [4.69, 9.17) is 15.0 Å². The molecule has 3 nitrogen and oxygen atoms in total. The fraction of sp³-hybridized carbons (Fsp3) is 0.389. The lowest BCUT2D eigenvalue weighted by Crippen LogP contribution is -2.48. The summed E-state index contributed by atoms with van der Waals surface area (Å²) >= 11 is 0. The molecule has 4 aromatic rings. The van der Waals surface area contributed by atoms with Crippen LogP contribution in [0.5, 0.6) is 0 Å². The van der Waals surface area contributed by atoms with E-state index in [0.717, 1.165) is 72.4 Å². The van der Waals surface area contributed by atoms with Crippen LogP contribution in [0.2, 0.25) is 0 Å². The number of benzene rings is 3. The van der Waals surface area contributed by atoms with Crippen LogP contribution in [-0.2, 0) is 17.3 Å². The number of allylic oxidation sites excluding steroid dienone is 12. The minimum atomic E-state index is -0.178. The number of rotatable bonds is 6. The third-order valence-electron chi connectivity index (χ3n) is 14.6. The van der Waals surface area contributed by atoms with Crippen molar-refractivity contribution in [2.45, 2.75) is 102 Å². The molecule has 1 heterocycles. The largest absolute Gasteiger partial charge is 0.209 e. The highest BCUT2D eigenvalue weighted by atomic mass is 15.0. The number of aromatic nitrogens is 3. The van der Waals surface area contributed by atoms with Gasteiger partial charge in [0.15, 0.2) is 17.5 Å². The Morgan fingerprint density at radius 3 is 1.91 bits per heavy atom. The van der Waals surface area contributed by atoms with Crippen molar-refractivity contribution in [3.05, 3.63) is 167 Å². The van der Waals surface area contributed by atoms with Crippen molar-refractivity contribution in [3.8, 4) is 22.8 Å². The number of fused-ring (bicyclic) bond motifs is 1. The second-order valence-electron chi connectivity index (χ2n) is 19.4. The van der Waals surface area contributed by atoms with Crippen LogP contribution in [0.25, 0.3) is 28.3 Å². The molecule has 11 rings (SSSR count). The number of nitrogens with zero attached hydrogens (tertiary/aromatic N) is 3. The lowest BCUT2D eigenvalue weighted by Gasteiger charge is -2.57.